The summed E-state index contributed by atoms with van der Waals surface area (Å²) in [5.74, 6) is -4.04. The number of halogens is 8. The zero-order valence-corrected chi connectivity index (χ0v) is 35.3. The molecular weight excluding hydrogens is 942 g/mol. The Hall–Kier alpha value is -4.28. The highest BCUT2D eigenvalue weighted by Crippen LogP contribution is 2.33. The third-order valence-electron chi connectivity index (χ3n) is 8.50. The highest BCUT2D eigenvalue weighted by molar-refractivity contribution is 9.11. The third-order valence-corrected chi connectivity index (χ3v) is 9.74. The number of hydrogen-bond acceptors (Lipinski definition) is 10. The minimum absolute atomic E-state index is 0.124. The van der Waals surface area contributed by atoms with Crippen LogP contribution in [0.5, 0.6) is 11.5 Å². The lowest BCUT2D eigenvalue weighted by Crippen LogP contribution is -2.35. The van der Waals surface area contributed by atoms with E-state index in [-0.39, 0.29) is 38.5 Å². The minimum Gasteiger partial charge on any atom is -0.488 e. The number of carbonyl (C=O) groups is 2. The van der Waals surface area contributed by atoms with E-state index in [9.17, 15) is 46.8 Å². The number of aliphatic hydroxyl groups excluding tert-OH is 4. The van der Waals surface area contributed by atoms with Crippen LogP contribution in [-0.2, 0) is 35.9 Å². The van der Waals surface area contributed by atoms with Gasteiger partial charge >= 0.3 is 24.3 Å². The molecule has 0 aliphatic carbocycles. The molecule has 4 aromatic carbocycles. The summed E-state index contributed by atoms with van der Waals surface area (Å²) < 4.78 is 77.6. The van der Waals surface area contributed by atoms with Crippen molar-refractivity contribution in [3.63, 3.8) is 0 Å². The number of nitrogens with one attached hydrogen (secondary N) is 2. The summed E-state index contributed by atoms with van der Waals surface area (Å²) in [4.78, 5) is 17.8. The smallest absolute Gasteiger partial charge is 0.488 e. The van der Waals surface area contributed by atoms with Crippen molar-refractivity contribution in [2.45, 2.75) is 64.6 Å². The minimum atomic E-state index is -5.08. The van der Waals surface area contributed by atoms with Gasteiger partial charge in [0.05, 0.1) is 47.5 Å². The molecule has 4 aromatic rings. The fourth-order valence-corrected chi connectivity index (χ4v) is 6.10. The quantitative estimate of drug-likeness (QED) is 0.0516. The molecule has 12 nitrogen and oxygen atoms in total. The van der Waals surface area contributed by atoms with E-state index in [1.165, 1.54) is 0 Å². The molecule has 0 aromatic heterocycles. The molecule has 0 bridgehead atoms. The molecule has 0 spiro atoms. The number of benzene rings is 4. The van der Waals surface area contributed by atoms with Gasteiger partial charge in [-0.2, -0.15) is 26.3 Å². The van der Waals surface area contributed by atoms with Crippen LogP contribution in [0.15, 0.2) is 81.7 Å². The third kappa shape index (κ3) is 17.0. The van der Waals surface area contributed by atoms with Crippen LogP contribution in [0.2, 0.25) is 0 Å². The standard InChI is InChI=1S/C36H42Br2N2O6.2C2HF3O2/c1-23-27(21-45-35-11-9-25(13-33(35)37)15-39-29(17-41)18-42)5-3-7-31(23)32-8-4-6-28(24(32)2)22-46-36-12-10-26(14-34(36)38)16-40-30(19-43)20-44;2*3-2(4,5)1(6)7/h3-14,29-30,39-44H,15-22H2,1-2H3;2*(H,6,7). The summed E-state index contributed by atoms with van der Waals surface area (Å²) in [6.07, 6.45) is -10.2. The zero-order chi connectivity index (χ0) is 45.2. The number of aliphatic hydroxyl groups is 4. The average Bonchev–Trinajstić information content (AvgIpc) is 3.19. The lowest BCUT2D eigenvalue weighted by atomic mass is 9.92. The van der Waals surface area contributed by atoms with Gasteiger partial charge in [0.15, 0.2) is 0 Å². The van der Waals surface area contributed by atoms with E-state index >= 15 is 0 Å². The first kappa shape index (κ1) is 51.9. The lowest BCUT2D eigenvalue weighted by Gasteiger charge is -2.18. The Morgan fingerprint density at radius 1 is 0.600 bits per heavy atom. The maximum atomic E-state index is 10.6. The molecule has 20 heteroatoms. The van der Waals surface area contributed by atoms with Gasteiger partial charge in [0.25, 0.3) is 0 Å². The van der Waals surface area contributed by atoms with Gasteiger partial charge in [-0.05, 0) is 114 Å². The second-order valence-corrected chi connectivity index (χ2v) is 14.5. The van der Waals surface area contributed by atoms with E-state index in [2.05, 4.69) is 92.7 Å². The predicted molar refractivity (Wildman–Crippen MR) is 215 cm³/mol. The maximum Gasteiger partial charge on any atom is 0.490 e. The van der Waals surface area contributed by atoms with Crippen molar-refractivity contribution >= 4 is 43.8 Å². The van der Waals surface area contributed by atoms with Gasteiger partial charge in [-0.25, -0.2) is 9.59 Å². The molecule has 0 unspecified atom stereocenters. The van der Waals surface area contributed by atoms with E-state index in [1.54, 1.807) is 0 Å². The highest BCUT2D eigenvalue weighted by Gasteiger charge is 2.39. The molecule has 60 heavy (non-hydrogen) atoms. The van der Waals surface area contributed by atoms with E-state index in [0.29, 0.717) is 26.3 Å². The Morgan fingerprint density at radius 2 is 0.917 bits per heavy atom. The second kappa shape index (κ2) is 24.8. The summed E-state index contributed by atoms with van der Waals surface area (Å²) in [6, 6.07) is 23.6. The molecule has 8 N–H and O–H groups in total. The fraction of sp³-hybridized carbons (Fsp3) is 0.350. The van der Waals surface area contributed by atoms with Crippen LogP contribution in [0.4, 0.5) is 26.3 Å². The van der Waals surface area contributed by atoms with Crippen molar-refractivity contribution in [3.05, 3.63) is 115 Å². The zero-order valence-electron chi connectivity index (χ0n) is 32.1. The largest absolute Gasteiger partial charge is 0.490 e. The van der Waals surface area contributed by atoms with Gasteiger partial charge in [0, 0.05) is 13.1 Å². The number of alkyl halides is 6. The summed E-state index contributed by atoms with van der Waals surface area (Å²) in [5.41, 5.74) is 8.79. The van der Waals surface area contributed by atoms with E-state index < -0.39 is 24.3 Å². The predicted octanol–water partition coefficient (Wildman–Crippen LogP) is 6.81. The number of hydrogen-bond donors (Lipinski definition) is 8. The maximum absolute atomic E-state index is 10.6. The van der Waals surface area contributed by atoms with Crippen molar-refractivity contribution in [2.24, 2.45) is 0 Å². The van der Waals surface area contributed by atoms with Crippen LogP contribution in [0.1, 0.15) is 33.4 Å². The first-order valence-corrected chi connectivity index (χ1v) is 19.2. The van der Waals surface area contributed by atoms with Crippen LogP contribution in [0, 0.1) is 13.8 Å². The molecule has 0 fully saturated rings. The summed E-state index contributed by atoms with van der Waals surface area (Å²) >= 11 is 7.24. The Bertz CT molecular complexity index is 1850. The SMILES string of the molecule is Cc1c(COc2ccc(CNC(CO)CO)cc2Br)cccc1-c1cccc(COc2ccc(CNC(CO)CO)cc2Br)c1C.O=C(O)C(F)(F)F.O=C(O)C(F)(F)F. The van der Waals surface area contributed by atoms with Gasteiger partial charge in [0.1, 0.15) is 24.7 Å². The average molecular weight is 987 g/mol. The molecule has 0 atom stereocenters. The first-order valence-electron chi connectivity index (χ1n) is 17.7. The summed E-state index contributed by atoms with van der Waals surface area (Å²) in [5, 5.41) is 57.6. The molecule has 0 radical (unpaired) electrons. The molecule has 330 valence electrons. The molecule has 0 amide bonds. The first-order chi connectivity index (χ1) is 28.2. The lowest BCUT2D eigenvalue weighted by molar-refractivity contribution is -0.193. The van der Waals surface area contributed by atoms with Gasteiger partial charge in [-0.15, -0.1) is 0 Å². The van der Waals surface area contributed by atoms with Crippen LogP contribution in [-0.4, -0.2) is 93.4 Å². The number of rotatable bonds is 17. The van der Waals surface area contributed by atoms with Crippen LogP contribution in [0.3, 0.4) is 0 Å². The van der Waals surface area contributed by atoms with Gasteiger partial charge in [-0.3, -0.25) is 0 Å². The van der Waals surface area contributed by atoms with Gasteiger partial charge in [-0.1, -0.05) is 48.5 Å². The number of carboxylic acids is 2. The molecular formula is C40H44Br2F6N2O10. The van der Waals surface area contributed by atoms with Crippen molar-refractivity contribution in [2.75, 3.05) is 26.4 Å². The Kier molecular flexibility index (Phi) is 21.5. The summed E-state index contributed by atoms with van der Waals surface area (Å²) in [6.45, 7) is 5.62. The summed E-state index contributed by atoms with van der Waals surface area (Å²) in [7, 11) is 0. The highest BCUT2D eigenvalue weighted by atomic mass is 79.9. The van der Waals surface area contributed by atoms with Crippen LogP contribution in [0.25, 0.3) is 11.1 Å². The molecule has 0 saturated carbocycles. The molecule has 0 saturated heterocycles. The Morgan fingerprint density at radius 3 is 1.18 bits per heavy atom. The van der Waals surface area contributed by atoms with Crippen molar-refractivity contribution in [1.29, 1.82) is 0 Å². The molecule has 4 rings (SSSR count). The van der Waals surface area contributed by atoms with Gasteiger partial charge < -0.3 is 50.7 Å². The molecule has 0 aliphatic rings. The second-order valence-electron chi connectivity index (χ2n) is 12.8. The van der Waals surface area contributed by atoms with E-state index in [0.717, 1.165) is 65.0 Å². The number of aliphatic carboxylic acids is 2. The topological polar surface area (TPSA) is 198 Å². The molecule has 0 heterocycles. The van der Waals surface area contributed by atoms with E-state index in [4.69, 9.17) is 29.3 Å². The van der Waals surface area contributed by atoms with Crippen LogP contribution < -0.4 is 20.1 Å². The monoisotopic (exact) mass is 984 g/mol. The van der Waals surface area contributed by atoms with Crippen molar-refractivity contribution in [1.82, 2.24) is 10.6 Å². The Labute approximate surface area is 358 Å². The van der Waals surface area contributed by atoms with E-state index in [1.807, 2.05) is 36.4 Å². The Balaban J connectivity index is 0.000000758. The normalized spacial score (nSPS) is 11.4. The fourth-order valence-electron chi connectivity index (χ4n) is 5.02. The molecule has 0 aliphatic heterocycles. The van der Waals surface area contributed by atoms with Crippen LogP contribution >= 0.6 is 31.9 Å². The number of carboxylic acid groups (broad SMARTS) is 2. The van der Waals surface area contributed by atoms with Crippen molar-refractivity contribution in [3.8, 4) is 22.6 Å². The van der Waals surface area contributed by atoms with Gasteiger partial charge in [0.2, 0.25) is 0 Å². The van der Waals surface area contributed by atoms with Crippen molar-refractivity contribution < 1.29 is 76.0 Å². The number of ether oxygens (including phenoxy) is 2.